The maximum absolute atomic E-state index is 12.0. The summed E-state index contributed by atoms with van der Waals surface area (Å²) in [4.78, 5) is 33.9. The van der Waals surface area contributed by atoms with Gasteiger partial charge < -0.3 is 43.4 Å². The van der Waals surface area contributed by atoms with Crippen molar-refractivity contribution in [2.75, 3.05) is 60.0 Å². The van der Waals surface area contributed by atoms with E-state index < -0.39 is 30.1 Å². The number of unbranched alkanes of at least 4 members (excludes halogenated alkanes) is 2. The molecule has 0 heterocycles. The fourth-order valence-corrected chi connectivity index (χ4v) is 3.09. The number of esters is 3. The minimum atomic E-state index is -0.979. The summed E-state index contributed by atoms with van der Waals surface area (Å²) in [6, 6.07) is 5.00. The molecule has 234 valence electrons. The Bertz CT molecular complexity index is 991. The molecule has 42 heavy (non-hydrogen) atoms. The quantitative estimate of drug-likeness (QED) is 0.0781. The molecule has 2 N–H and O–H groups in total. The first-order chi connectivity index (χ1) is 20.3. The minimum Gasteiger partial charge on any atom is -0.493 e. The second-order valence-electron chi connectivity index (χ2n) is 8.80. The number of benzene rings is 1. The molecule has 0 aliphatic rings. The van der Waals surface area contributed by atoms with Crippen LogP contribution in [0.3, 0.4) is 0 Å². The molecule has 0 aliphatic carbocycles. The van der Waals surface area contributed by atoms with Crippen molar-refractivity contribution < 1.29 is 57.8 Å². The Morgan fingerprint density at radius 1 is 0.738 bits per heavy atom. The van der Waals surface area contributed by atoms with E-state index in [9.17, 15) is 24.6 Å². The summed E-state index contributed by atoms with van der Waals surface area (Å²) in [6.45, 7) is 7.77. The van der Waals surface area contributed by atoms with E-state index in [-0.39, 0.29) is 39.6 Å². The van der Waals surface area contributed by atoms with Crippen LogP contribution >= 0.6 is 0 Å². The standard InChI is InChI=1S/C30H42O12/c1-4-28(33)39-16-8-6-14-37-19-24(31)21-41-26-12-10-23(18-27(26)36-3)11-13-30(35)42-22-25(32)20-38-15-7-9-17-40-29(34)5-2/h4-5,10-13,18,24-25,31-32H,1-2,6-9,14-17,19-22H2,3H3/b13-11+. The Balaban J connectivity index is 2.28. The zero-order valence-corrected chi connectivity index (χ0v) is 24.1. The Morgan fingerprint density at radius 3 is 1.83 bits per heavy atom. The highest BCUT2D eigenvalue weighted by atomic mass is 16.6. The monoisotopic (exact) mass is 594 g/mol. The van der Waals surface area contributed by atoms with E-state index in [1.54, 1.807) is 18.2 Å². The lowest BCUT2D eigenvalue weighted by atomic mass is 10.2. The average Bonchev–Trinajstić information content (AvgIpc) is 3.00. The molecule has 0 amide bonds. The maximum atomic E-state index is 12.0. The van der Waals surface area contributed by atoms with E-state index in [1.807, 2.05) is 0 Å². The normalized spacial score (nSPS) is 12.3. The van der Waals surface area contributed by atoms with Crippen LogP contribution in [0.2, 0.25) is 0 Å². The van der Waals surface area contributed by atoms with Crippen LogP contribution < -0.4 is 9.47 Å². The second kappa shape index (κ2) is 22.9. The fraction of sp³-hybridized carbons (Fsp3) is 0.500. The number of ether oxygens (including phenoxy) is 7. The number of carbonyl (C=O) groups excluding carboxylic acids is 3. The molecule has 12 heteroatoms. The van der Waals surface area contributed by atoms with Gasteiger partial charge in [-0.3, -0.25) is 0 Å². The Morgan fingerprint density at radius 2 is 1.29 bits per heavy atom. The van der Waals surface area contributed by atoms with E-state index >= 15 is 0 Å². The zero-order chi connectivity index (χ0) is 31.0. The van der Waals surface area contributed by atoms with Gasteiger partial charge in [0.15, 0.2) is 11.5 Å². The summed E-state index contributed by atoms with van der Waals surface area (Å²) in [5.74, 6) is -0.771. The van der Waals surface area contributed by atoms with E-state index in [4.69, 9.17) is 33.2 Å². The lowest BCUT2D eigenvalue weighted by Gasteiger charge is -2.15. The number of rotatable bonds is 24. The molecule has 0 aliphatic heterocycles. The fourth-order valence-electron chi connectivity index (χ4n) is 3.09. The number of carbonyl (C=O) groups is 3. The molecule has 0 spiro atoms. The molecular formula is C30H42O12. The summed E-state index contributed by atoms with van der Waals surface area (Å²) in [7, 11) is 1.47. The third-order valence-corrected chi connectivity index (χ3v) is 5.26. The molecule has 1 aromatic carbocycles. The van der Waals surface area contributed by atoms with E-state index in [0.717, 1.165) is 12.2 Å². The van der Waals surface area contributed by atoms with Crippen LogP contribution in [0.15, 0.2) is 49.6 Å². The number of hydrogen-bond donors (Lipinski definition) is 2. The summed E-state index contributed by atoms with van der Waals surface area (Å²) >= 11 is 0. The van der Waals surface area contributed by atoms with Gasteiger partial charge in [0.05, 0.1) is 33.5 Å². The summed E-state index contributed by atoms with van der Waals surface area (Å²) < 4.78 is 36.5. The first-order valence-corrected chi connectivity index (χ1v) is 13.5. The molecule has 0 fully saturated rings. The Hall–Kier alpha value is -3.71. The third-order valence-electron chi connectivity index (χ3n) is 5.26. The molecule has 0 aromatic heterocycles. The maximum Gasteiger partial charge on any atom is 0.330 e. The zero-order valence-electron chi connectivity index (χ0n) is 24.1. The van der Waals surface area contributed by atoms with Gasteiger partial charge >= 0.3 is 17.9 Å². The van der Waals surface area contributed by atoms with Crippen molar-refractivity contribution in [1.82, 2.24) is 0 Å². The second-order valence-corrected chi connectivity index (χ2v) is 8.80. The summed E-state index contributed by atoms with van der Waals surface area (Å²) in [5, 5.41) is 20.0. The highest BCUT2D eigenvalue weighted by molar-refractivity contribution is 5.87. The Labute approximate surface area is 246 Å². The molecule has 2 unspecified atom stereocenters. The van der Waals surface area contributed by atoms with Gasteiger partial charge in [-0.25, -0.2) is 14.4 Å². The summed E-state index contributed by atoms with van der Waals surface area (Å²) in [5.41, 5.74) is 0.640. The number of aliphatic hydroxyl groups excluding tert-OH is 2. The van der Waals surface area contributed by atoms with Gasteiger partial charge in [-0.15, -0.1) is 0 Å². The molecule has 2 atom stereocenters. The molecule has 1 rings (SSSR count). The van der Waals surface area contributed by atoms with Gasteiger partial charge in [-0.05, 0) is 49.5 Å². The largest absolute Gasteiger partial charge is 0.493 e. The molecule has 0 radical (unpaired) electrons. The van der Waals surface area contributed by atoms with Gasteiger partial charge in [0.2, 0.25) is 0 Å². The topological polar surface area (TPSA) is 156 Å². The van der Waals surface area contributed by atoms with Crippen LogP contribution in [0.25, 0.3) is 6.08 Å². The van der Waals surface area contributed by atoms with Crippen LogP contribution in [0.1, 0.15) is 31.2 Å². The lowest BCUT2D eigenvalue weighted by molar-refractivity contribution is -0.142. The summed E-state index contributed by atoms with van der Waals surface area (Å²) in [6.07, 6.45) is 5.67. The van der Waals surface area contributed by atoms with Crippen LogP contribution in [0, 0.1) is 0 Å². The number of methoxy groups -OCH3 is 1. The first-order valence-electron chi connectivity index (χ1n) is 13.5. The third kappa shape index (κ3) is 17.9. The van der Waals surface area contributed by atoms with Gasteiger partial charge in [-0.2, -0.15) is 0 Å². The molecular weight excluding hydrogens is 552 g/mol. The van der Waals surface area contributed by atoms with Gasteiger partial charge in [-0.1, -0.05) is 19.2 Å². The van der Waals surface area contributed by atoms with Crippen molar-refractivity contribution in [3.63, 3.8) is 0 Å². The average molecular weight is 595 g/mol. The molecule has 1 aromatic rings. The van der Waals surface area contributed by atoms with Crippen LogP contribution in [0.4, 0.5) is 0 Å². The van der Waals surface area contributed by atoms with Gasteiger partial charge in [0, 0.05) is 31.4 Å². The minimum absolute atomic E-state index is 0.00204. The smallest absolute Gasteiger partial charge is 0.330 e. The molecule has 0 saturated carbocycles. The van der Waals surface area contributed by atoms with Crippen molar-refractivity contribution in [2.24, 2.45) is 0 Å². The number of hydrogen-bond acceptors (Lipinski definition) is 12. The van der Waals surface area contributed by atoms with Crippen LogP contribution in [-0.4, -0.2) is 100 Å². The van der Waals surface area contributed by atoms with Gasteiger partial charge in [0.25, 0.3) is 0 Å². The van der Waals surface area contributed by atoms with Crippen LogP contribution in [-0.2, 0) is 38.1 Å². The van der Waals surface area contributed by atoms with Gasteiger partial charge in [0.1, 0.15) is 25.4 Å². The van der Waals surface area contributed by atoms with E-state index in [2.05, 4.69) is 13.2 Å². The van der Waals surface area contributed by atoms with Crippen molar-refractivity contribution in [2.45, 2.75) is 37.9 Å². The first kappa shape index (κ1) is 36.3. The predicted molar refractivity (Wildman–Crippen MR) is 153 cm³/mol. The molecule has 0 saturated heterocycles. The van der Waals surface area contributed by atoms with Crippen molar-refractivity contribution in [1.29, 1.82) is 0 Å². The van der Waals surface area contributed by atoms with Crippen molar-refractivity contribution in [3.05, 3.63) is 55.1 Å². The van der Waals surface area contributed by atoms with E-state index in [1.165, 1.54) is 19.3 Å². The lowest BCUT2D eigenvalue weighted by Crippen LogP contribution is -2.24. The number of aliphatic hydroxyl groups is 2. The highest BCUT2D eigenvalue weighted by Crippen LogP contribution is 2.28. The highest BCUT2D eigenvalue weighted by Gasteiger charge is 2.11. The molecule has 12 nitrogen and oxygen atoms in total. The van der Waals surface area contributed by atoms with E-state index in [0.29, 0.717) is 56.0 Å². The van der Waals surface area contributed by atoms with Crippen molar-refractivity contribution >= 4 is 24.0 Å². The SMILES string of the molecule is C=CC(=O)OCCCCOCC(O)COC(=O)/C=C/c1ccc(OCC(O)COCCCCOC(=O)C=C)c(OC)c1. The molecule has 0 bridgehead atoms. The Kier molecular flexibility index (Phi) is 19.8. The van der Waals surface area contributed by atoms with Crippen LogP contribution in [0.5, 0.6) is 11.5 Å². The predicted octanol–water partition coefficient (Wildman–Crippen LogP) is 2.40. The van der Waals surface area contributed by atoms with Crippen molar-refractivity contribution in [3.8, 4) is 11.5 Å².